The van der Waals surface area contributed by atoms with Crippen molar-refractivity contribution in [3.8, 4) is 6.07 Å². The summed E-state index contributed by atoms with van der Waals surface area (Å²) in [4.78, 5) is 4.25. The number of nitrogens with one attached hydrogen (secondary N) is 1. The Morgan fingerprint density at radius 1 is 1.21 bits per heavy atom. The number of benzene rings is 2. The number of hydrogen-bond acceptors (Lipinski definition) is 3. The Balaban J connectivity index is 1.68. The van der Waals surface area contributed by atoms with E-state index < -0.39 is 0 Å². The first-order valence-corrected chi connectivity index (χ1v) is 8.02. The van der Waals surface area contributed by atoms with Gasteiger partial charge in [-0.1, -0.05) is 35.9 Å². The van der Waals surface area contributed by atoms with Crippen molar-refractivity contribution in [1.82, 2.24) is 9.55 Å². The van der Waals surface area contributed by atoms with Gasteiger partial charge >= 0.3 is 0 Å². The highest BCUT2D eigenvalue weighted by atomic mass is 35.5. The van der Waals surface area contributed by atoms with Crippen molar-refractivity contribution in [1.29, 1.82) is 5.26 Å². The molecule has 0 radical (unpaired) electrons. The zero-order chi connectivity index (χ0) is 16.9. The van der Waals surface area contributed by atoms with Gasteiger partial charge in [0, 0.05) is 31.2 Å². The van der Waals surface area contributed by atoms with Crippen molar-refractivity contribution in [2.24, 2.45) is 0 Å². The molecule has 0 saturated carbocycles. The first kappa shape index (κ1) is 16.1. The molecule has 0 bridgehead atoms. The Hall–Kier alpha value is -2.77. The summed E-state index contributed by atoms with van der Waals surface area (Å²) >= 11 is 6.06. The average molecular weight is 337 g/mol. The first-order chi connectivity index (χ1) is 11.7. The van der Waals surface area contributed by atoms with E-state index in [0.29, 0.717) is 17.1 Å². The highest BCUT2D eigenvalue weighted by Crippen LogP contribution is 2.21. The summed E-state index contributed by atoms with van der Waals surface area (Å²) in [6, 6.07) is 15.9. The van der Waals surface area contributed by atoms with Crippen molar-refractivity contribution in [3.05, 3.63) is 82.4 Å². The Morgan fingerprint density at radius 3 is 2.75 bits per heavy atom. The van der Waals surface area contributed by atoms with Crippen molar-refractivity contribution in [2.75, 3.05) is 5.32 Å². The average Bonchev–Trinajstić information content (AvgIpc) is 2.98. The van der Waals surface area contributed by atoms with Crippen LogP contribution in [0.15, 0.2) is 54.9 Å². The second-order valence-corrected chi connectivity index (χ2v) is 5.99. The van der Waals surface area contributed by atoms with E-state index in [0.717, 1.165) is 18.1 Å². The van der Waals surface area contributed by atoms with Crippen LogP contribution in [0.4, 0.5) is 5.69 Å². The number of anilines is 1. The summed E-state index contributed by atoms with van der Waals surface area (Å²) < 4.78 is 2.12. The second-order valence-electron chi connectivity index (χ2n) is 5.58. The molecule has 120 valence electrons. The number of rotatable bonds is 5. The van der Waals surface area contributed by atoms with Crippen LogP contribution >= 0.6 is 11.6 Å². The predicted molar refractivity (Wildman–Crippen MR) is 96.0 cm³/mol. The zero-order valence-electron chi connectivity index (χ0n) is 13.3. The molecule has 24 heavy (non-hydrogen) atoms. The smallest absolute Gasteiger partial charge is 0.105 e. The standard InChI is InChI=1S/C19H17ClN4/c1-14-22-7-8-24(14)13-16-4-2-3-15(9-16)12-23-18-6-5-17(11-21)19(20)10-18/h2-10,23H,12-13H2,1H3. The molecule has 1 N–H and O–H groups in total. The van der Waals surface area contributed by atoms with Crippen LogP contribution in [0, 0.1) is 18.3 Å². The number of nitriles is 1. The fourth-order valence-electron chi connectivity index (χ4n) is 2.53. The van der Waals surface area contributed by atoms with Crippen LogP contribution < -0.4 is 5.32 Å². The maximum atomic E-state index is 8.91. The van der Waals surface area contributed by atoms with Gasteiger partial charge in [0.1, 0.15) is 11.9 Å². The highest BCUT2D eigenvalue weighted by Gasteiger charge is 2.03. The van der Waals surface area contributed by atoms with Crippen LogP contribution in [-0.4, -0.2) is 9.55 Å². The molecule has 0 atom stereocenters. The van der Waals surface area contributed by atoms with Crippen LogP contribution in [-0.2, 0) is 13.1 Å². The minimum atomic E-state index is 0.465. The summed E-state index contributed by atoms with van der Waals surface area (Å²) in [5.41, 5.74) is 3.80. The molecule has 1 heterocycles. The quantitative estimate of drug-likeness (QED) is 0.752. The third kappa shape index (κ3) is 3.76. The van der Waals surface area contributed by atoms with E-state index in [4.69, 9.17) is 16.9 Å². The summed E-state index contributed by atoms with van der Waals surface area (Å²) in [5.74, 6) is 1.01. The number of aromatic nitrogens is 2. The van der Waals surface area contributed by atoms with E-state index in [2.05, 4.69) is 45.2 Å². The van der Waals surface area contributed by atoms with Crippen LogP contribution in [0.2, 0.25) is 5.02 Å². The second kappa shape index (κ2) is 7.20. The van der Waals surface area contributed by atoms with Gasteiger partial charge in [0.25, 0.3) is 0 Å². The Bertz CT molecular complexity index is 892. The van der Waals surface area contributed by atoms with E-state index in [-0.39, 0.29) is 0 Å². The number of nitrogens with zero attached hydrogens (tertiary/aromatic N) is 3. The van der Waals surface area contributed by atoms with Crippen molar-refractivity contribution in [2.45, 2.75) is 20.0 Å². The molecular weight excluding hydrogens is 320 g/mol. The molecule has 0 unspecified atom stereocenters. The molecule has 2 aromatic carbocycles. The van der Waals surface area contributed by atoms with Crippen LogP contribution in [0.3, 0.4) is 0 Å². The molecule has 1 aromatic heterocycles. The number of halogens is 1. The van der Waals surface area contributed by atoms with Crippen molar-refractivity contribution >= 4 is 17.3 Å². The fraction of sp³-hybridized carbons (Fsp3) is 0.158. The zero-order valence-corrected chi connectivity index (χ0v) is 14.1. The lowest BCUT2D eigenvalue weighted by Crippen LogP contribution is -2.03. The Kier molecular flexibility index (Phi) is 4.83. The summed E-state index contributed by atoms with van der Waals surface area (Å²) in [7, 11) is 0. The Morgan fingerprint density at radius 2 is 2.04 bits per heavy atom. The molecule has 0 fully saturated rings. The van der Waals surface area contributed by atoms with Gasteiger partial charge in [-0.05, 0) is 36.2 Å². The normalized spacial score (nSPS) is 10.4. The van der Waals surface area contributed by atoms with Gasteiger partial charge in [0.2, 0.25) is 0 Å². The van der Waals surface area contributed by atoms with E-state index >= 15 is 0 Å². The summed E-state index contributed by atoms with van der Waals surface area (Å²) in [6.45, 7) is 3.50. The van der Waals surface area contributed by atoms with Crippen LogP contribution in [0.1, 0.15) is 22.5 Å². The van der Waals surface area contributed by atoms with E-state index in [1.165, 1.54) is 11.1 Å². The van der Waals surface area contributed by atoms with E-state index in [9.17, 15) is 0 Å². The lowest BCUT2D eigenvalue weighted by atomic mass is 10.1. The molecule has 0 aliphatic heterocycles. The van der Waals surface area contributed by atoms with Crippen molar-refractivity contribution < 1.29 is 0 Å². The topological polar surface area (TPSA) is 53.6 Å². The maximum absolute atomic E-state index is 8.91. The van der Waals surface area contributed by atoms with Crippen molar-refractivity contribution in [3.63, 3.8) is 0 Å². The molecule has 4 nitrogen and oxygen atoms in total. The monoisotopic (exact) mass is 336 g/mol. The molecular formula is C19H17ClN4. The van der Waals surface area contributed by atoms with Gasteiger partial charge in [0.05, 0.1) is 10.6 Å². The lowest BCUT2D eigenvalue weighted by molar-refractivity contribution is 0.760. The van der Waals surface area contributed by atoms with Gasteiger partial charge in [-0.2, -0.15) is 5.26 Å². The molecule has 3 aromatic rings. The van der Waals surface area contributed by atoms with Gasteiger partial charge in [-0.15, -0.1) is 0 Å². The van der Waals surface area contributed by atoms with E-state index in [1.807, 2.05) is 25.4 Å². The minimum Gasteiger partial charge on any atom is -0.381 e. The maximum Gasteiger partial charge on any atom is 0.105 e. The molecule has 0 spiro atoms. The minimum absolute atomic E-state index is 0.465. The van der Waals surface area contributed by atoms with Gasteiger partial charge in [-0.3, -0.25) is 0 Å². The third-order valence-corrected chi connectivity index (χ3v) is 4.17. The number of hydrogen-bond donors (Lipinski definition) is 1. The molecule has 0 aliphatic carbocycles. The summed E-state index contributed by atoms with van der Waals surface area (Å²) in [5, 5.41) is 12.7. The molecule has 0 amide bonds. The molecule has 0 saturated heterocycles. The van der Waals surface area contributed by atoms with E-state index in [1.54, 1.807) is 12.1 Å². The van der Waals surface area contributed by atoms with Crippen LogP contribution in [0.5, 0.6) is 0 Å². The SMILES string of the molecule is Cc1nccn1Cc1cccc(CNc2ccc(C#N)c(Cl)c2)c1. The molecule has 0 aliphatic rings. The third-order valence-electron chi connectivity index (χ3n) is 3.85. The highest BCUT2D eigenvalue weighted by molar-refractivity contribution is 6.32. The molecule has 3 rings (SSSR count). The molecule has 5 heteroatoms. The predicted octanol–water partition coefficient (Wildman–Crippen LogP) is 4.38. The number of imidazole rings is 1. The Labute approximate surface area is 146 Å². The lowest BCUT2D eigenvalue weighted by Gasteiger charge is -2.10. The largest absolute Gasteiger partial charge is 0.381 e. The number of aryl methyl sites for hydroxylation is 1. The van der Waals surface area contributed by atoms with Gasteiger partial charge < -0.3 is 9.88 Å². The van der Waals surface area contributed by atoms with Gasteiger partial charge in [0.15, 0.2) is 0 Å². The van der Waals surface area contributed by atoms with Gasteiger partial charge in [-0.25, -0.2) is 4.98 Å². The fourth-order valence-corrected chi connectivity index (χ4v) is 2.75. The summed E-state index contributed by atoms with van der Waals surface area (Å²) in [6.07, 6.45) is 3.80. The first-order valence-electron chi connectivity index (χ1n) is 7.65. The van der Waals surface area contributed by atoms with Crippen LogP contribution in [0.25, 0.3) is 0 Å².